The maximum absolute atomic E-state index is 12.1. The van der Waals surface area contributed by atoms with Crippen LogP contribution in [0, 0.1) is 0 Å². The van der Waals surface area contributed by atoms with Crippen LogP contribution in [0.25, 0.3) is 0 Å². The molecular formula is C20H23BrN2O5. The highest BCUT2D eigenvalue weighted by molar-refractivity contribution is 9.10. The van der Waals surface area contributed by atoms with Crippen LogP contribution in [0.4, 0.5) is 0 Å². The fourth-order valence-electron chi connectivity index (χ4n) is 2.29. The molecule has 1 N–H and O–H groups in total. The molecule has 1 heterocycles. The van der Waals surface area contributed by atoms with Gasteiger partial charge in [-0.3, -0.25) is 9.59 Å². The molecule has 0 atom stereocenters. The average molecular weight is 451 g/mol. The third-order valence-electron chi connectivity index (χ3n) is 3.63. The number of hydrogen-bond acceptors (Lipinski definition) is 6. The van der Waals surface area contributed by atoms with Crippen molar-refractivity contribution >= 4 is 27.6 Å². The second-order valence-electron chi connectivity index (χ2n) is 5.75. The predicted octanol–water partition coefficient (Wildman–Crippen LogP) is 2.89. The first-order valence-corrected chi connectivity index (χ1v) is 9.65. The van der Waals surface area contributed by atoms with Crippen molar-refractivity contribution in [1.29, 1.82) is 0 Å². The molecule has 0 aliphatic carbocycles. The molecule has 0 bridgehead atoms. The molecule has 2 aromatic rings. The Morgan fingerprint density at radius 2 is 1.64 bits per heavy atom. The monoisotopic (exact) mass is 450 g/mol. The minimum atomic E-state index is -0.288. The van der Waals surface area contributed by atoms with Crippen molar-refractivity contribution in [2.45, 2.75) is 6.92 Å². The summed E-state index contributed by atoms with van der Waals surface area (Å²) >= 11 is 3.31. The van der Waals surface area contributed by atoms with Crippen molar-refractivity contribution in [3.05, 3.63) is 58.2 Å². The van der Waals surface area contributed by atoms with Crippen LogP contribution < -0.4 is 10.1 Å². The quantitative estimate of drug-likeness (QED) is 0.395. The summed E-state index contributed by atoms with van der Waals surface area (Å²) in [5.74, 6) is 0.119. The van der Waals surface area contributed by atoms with Crippen molar-refractivity contribution in [2.75, 3.05) is 39.6 Å². The lowest BCUT2D eigenvalue weighted by atomic mass is 10.0. The molecule has 1 aromatic carbocycles. The molecule has 0 aliphatic rings. The Balaban J connectivity index is 1.50. The summed E-state index contributed by atoms with van der Waals surface area (Å²) in [5, 5.41) is 2.74. The van der Waals surface area contributed by atoms with Gasteiger partial charge in [0, 0.05) is 28.8 Å². The van der Waals surface area contributed by atoms with Gasteiger partial charge in [-0.1, -0.05) is 18.2 Å². The fraction of sp³-hybridized carbons (Fsp3) is 0.350. The van der Waals surface area contributed by atoms with E-state index in [-0.39, 0.29) is 11.7 Å². The maximum atomic E-state index is 12.1. The van der Waals surface area contributed by atoms with Crippen LogP contribution in [0.3, 0.4) is 0 Å². The largest absolute Gasteiger partial charge is 0.475 e. The molecule has 7 nitrogen and oxygen atoms in total. The summed E-state index contributed by atoms with van der Waals surface area (Å²) < 4.78 is 17.1. The summed E-state index contributed by atoms with van der Waals surface area (Å²) in [6.45, 7) is 3.82. The normalized spacial score (nSPS) is 10.5. The van der Waals surface area contributed by atoms with Gasteiger partial charge in [0.25, 0.3) is 5.91 Å². The smallest absolute Gasteiger partial charge is 0.252 e. The van der Waals surface area contributed by atoms with Gasteiger partial charge < -0.3 is 19.5 Å². The summed E-state index contributed by atoms with van der Waals surface area (Å²) in [6.07, 6.45) is 1.67. The number of ether oxygens (including phenoxy) is 3. The molecule has 0 saturated carbocycles. The molecular weight excluding hydrogens is 428 g/mol. The van der Waals surface area contributed by atoms with Gasteiger partial charge in [-0.2, -0.15) is 0 Å². The summed E-state index contributed by atoms with van der Waals surface area (Å²) in [4.78, 5) is 27.8. The second kappa shape index (κ2) is 12.2. The zero-order valence-corrected chi connectivity index (χ0v) is 17.2. The van der Waals surface area contributed by atoms with Crippen LogP contribution in [0.5, 0.6) is 5.88 Å². The highest BCUT2D eigenvalue weighted by Gasteiger charge is 2.12. The van der Waals surface area contributed by atoms with Gasteiger partial charge in [0.15, 0.2) is 5.78 Å². The number of halogens is 1. The van der Waals surface area contributed by atoms with Crippen molar-refractivity contribution in [3.8, 4) is 5.88 Å². The van der Waals surface area contributed by atoms with Gasteiger partial charge in [0.1, 0.15) is 6.61 Å². The lowest BCUT2D eigenvalue weighted by molar-refractivity contribution is 0.0365. The van der Waals surface area contributed by atoms with Crippen molar-refractivity contribution in [1.82, 2.24) is 10.3 Å². The van der Waals surface area contributed by atoms with E-state index in [1.165, 1.54) is 6.92 Å². The minimum Gasteiger partial charge on any atom is -0.475 e. The number of nitrogens with zero attached hydrogens (tertiary/aromatic N) is 1. The molecule has 0 unspecified atom stereocenters. The van der Waals surface area contributed by atoms with Crippen molar-refractivity contribution in [2.24, 2.45) is 0 Å². The third-order valence-corrected chi connectivity index (χ3v) is 4.10. The summed E-state index contributed by atoms with van der Waals surface area (Å²) in [7, 11) is 0. The molecule has 1 aromatic heterocycles. The van der Waals surface area contributed by atoms with E-state index in [9.17, 15) is 9.59 Å². The second-order valence-corrected chi connectivity index (χ2v) is 6.66. The van der Waals surface area contributed by atoms with E-state index >= 15 is 0 Å². The van der Waals surface area contributed by atoms with Crippen LogP contribution in [-0.2, 0) is 9.47 Å². The van der Waals surface area contributed by atoms with E-state index in [4.69, 9.17) is 14.2 Å². The molecule has 150 valence electrons. The standard InChI is InChI=1S/C20H23BrN2O5/c1-15(24)17-4-2-3-5-18(17)20(25)22-8-9-26-10-11-27-12-13-28-19-7-6-16(21)14-23-19/h2-7,14H,8-13H2,1H3,(H,22,25). The van der Waals surface area contributed by atoms with Gasteiger partial charge in [-0.25, -0.2) is 4.98 Å². The molecule has 0 saturated heterocycles. The van der Waals surface area contributed by atoms with E-state index in [1.807, 2.05) is 6.07 Å². The highest BCUT2D eigenvalue weighted by atomic mass is 79.9. The Hall–Kier alpha value is -2.29. The number of carbonyl (C=O) groups is 2. The number of ketones is 1. The zero-order valence-electron chi connectivity index (χ0n) is 15.7. The first-order chi connectivity index (χ1) is 13.6. The lowest BCUT2D eigenvalue weighted by Gasteiger charge is -2.09. The fourth-order valence-corrected chi connectivity index (χ4v) is 2.53. The molecule has 1 amide bonds. The van der Waals surface area contributed by atoms with Crippen molar-refractivity contribution in [3.63, 3.8) is 0 Å². The van der Waals surface area contributed by atoms with Crippen LogP contribution >= 0.6 is 15.9 Å². The van der Waals surface area contributed by atoms with Gasteiger partial charge in [0.05, 0.1) is 32.0 Å². The SMILES string of the molecule is CC(=O)c1ccccc1C(=O)NCCOCCOCCOc1ccc(Br)cn1. The zero-order chi connectivity index (χ0) is 20.2. The van der Waals surface area contributed by atoms with Gasteiger partial charge in [-0.15, -0.1) is 0 Å². The first kappa shape index (κ1) is 22.0. The van der Waals surface area contributed by atoms with Gasteiger partial charge >= 0.3 is 0 Å². The molecule has 2 rings (SSSR count). The number of benzene rings is 1. The topological polar surface area (TPSA) is 86.8 Å². The number of nitrogens with one attached hydrogen (secondary N) is 1. The van der Waals surface area contributed by atoms with E-state index in [1.54, 1.807) is 36.5 Å². The Bertz CT molecular complexity index is 767. The molecule has 8 heteroatoms. The van der Waals surface area contributed by atoms with Crippen LogP contribution in [0.15, 0.2) is 47.1 Å². The molecule has 0 spiro atoms. The Morgan fingerprint density at radius 1 is 0.964 bits per heavy atom. The number of carbonyl (C=O) groups excluding carboxylic acids is 2. The molecule has 0 radical (unpaired) electrons. The Kier molecular flexibility index (Phi) is 9.61. The summed E-state index contributed by atoms with van der Waals surface area (Å²) in [6, 6.07) is 10.4. The summed E-state index contributed by atoms with van der Waals surface area (Å²) in [5.41, 5.74) is 0.786. The Labute approximate surface area is 172 Å². The van der Waals surface area contributed by atoms with Gasteiger partial charge in [0.2, 0.25) is 5.88 Å². The lowest BCUT2D eigenvalue weighted by Crippen LogP contribution is -2.28. The van der Waals surface area contributed by atoms with E-state index in [0.717, 1.165) is 4.47 Å². The number of rotatable bonds is 12. The van der Waals surface area contributed by atoms with E-state index in [0.29, 0.717) is 56.6 Å². The number of pyridine rings is 1. The number of amides is 1. The third kappa shape index (κ3) is 7.75. The average Bonchev–Trinajstić information content (AvgIpc) is 2.70. The Morgan fingerprint density at radius 3 is 2.32 bits per heavy atom. The molecule has 28 heavy (non-hydrogen) atoms. The van der Waals surface area contributed by atoms with Crippen LogP contribution in [0.1, 0.15) is 27.6 Å². The predicted molar refractivity (Wildman–Crippen MR) is 108 cm³/mol. The van der Waals surface area contributed by atoms with Crippen molar-refractivity contribution < 1.29 is 23.8 Å². The first-order valence-electron chi connectivity index (χ1n) is 8.86. The number of Topliss-reactive ketones (excluding diaryl/α,β-unsaturated/α-hetero) is 1. The number of hydrogen-bond donors (Lipinski definition) is 1. The van der Waals surface area contributed by atoms with E-state index in [2.05, 4.69) is 26.2 Å². The number of aromatic nitrogens is 1. The van der Waals surface area contributed by atoms with Crippen LogP contribution in [0.2, 0.25) is 0 Å². The molecule has 0 aliphatic heterocycles. The highest BCUT2D eigenvalue weighted by Crippen LogP contribution is 2.12. The van der Waals surface area contributed by atoms with E-state index < -0.39 is 0 Å². The maximum Gasteiger partial charge on any atom is 0.252 e. The van der Waals surface area contributed by atoms with Crippen LogP contribution in [-0.4, -0.2) is 56.3 Å². The van der Waals surface area contributed by atoms with Gasteiger partial charge in [-0.05, 0) is 35.0 Å². The minimum absolute atomic E-state index is 0.140. The molecule has 0 fully saturated rings.